The Kier molecular flexibility index (Phi) is 3.53. The summed E-state index contributed by atoms with van der Waals surface area (Å²) >= 11 is 1.66. The summed E-state index contributed by atoms with van der Waals surface area (Å²) in [6.07, 6.45) is 0.0471. The minimum atomic E-state index is -0.450. The van der Waals surface area contributed by atoms with E-state index in [-0.39, 0.29) is 6.10 Å². The summed E-state index contributed by atoms with van der Waals surface area (Å²) in [5, 5.41) is 11.9. The highest BCUT2D eigenvalue weighted by Crippen LogP contribution is 2.15. The van der Waals surface area contributed by atoms with Crippen LogP contribution in [0, 0.1) is 0 Å². The molecule has 1 fully saturated rings. The predicted molar refractivity (Wildman–Crippen MR) is 54.6 cm³/mol. The maximum absolute atomic E-state index is 9.85. The van der Waals surface area contributed by atoms with Gasteiger partial charge in [0.05, 0.1) is 25.9 Å². The third kappa shape index (κ3) is 2.54. The van der Waals surface area contributed by atoms with E-state index in [1.807, 2.05) is 17.5 Å². The van der Waals surface area contributed by atoms with Gasteiger partial charge < -0.3 is 14.6 Å². The highest BCUT2D eigenvalue weighted by molar-refractivity contribution is 7.09. The van der Waals surface area contributed by atoms with Crippen molar-refractivity contribution in [2.45, 2.75) is 18.6 Å². The van der Waals surface area contributed by atoms with Crippen LogP contribution in [0.3, 0.4) is 0 Å². The fourth-order valence-electron chi connectivity index (χ4n) is 1.49. The fraction of sp³-hybridized carbons (Fsp3) is 0.600. The van der Waals surface area contributed by atoms with E-state index in [4.69, 9.17) is 9.47 Å². The first kappa shape index (κ1) is 10.1. The normalized spacial score (nSPS) is 24.8. The highest BCUT2D eigenvalue weighted by Gasteiger charge is 2.23. The Morgan fingerprint density at radius 1 is 1.57 bits per heavy atom. The largest absolute Gasteiger partial charge is 0.390 e. The van der Waals surface area contributed by atoms with Crippen LogP contribution in [0.15, 0.2) is 17.5 Å². The van der Waals surface area contributed by atoms with Gasteiger partial charge in [0.2, 0.25) is 0 Å². The molecule has 0 bridgehead atoms. The van der Waals surface area contributed by atoms with Crippen molar-refractivity contribution >= 4 is 11.3 Å². The van der Waals surface area contributed by atoms with Gasteiger partial charge in [-0.1, -0.05) is 6.07 Å². The summed E-state index contributed by atoms with van der Waals surface area (Å²) in [6.45, 7) is 1.74. The van der Waals surface area contributed by atoms with Crippen LogP contribution in [0.5, 0.6) is 0 Å². The van der Waals surface area contributed by atoms with Crippen LogP contribution in [-0.4, -0.2) is 37.1 Å². The quantitative estimate of drug-likeness (QED) is 0.818. The molecule has 1 aromatic heterocycles. The van der Waals surface area contributed by atoms with E-state index in [2.05, 4.69) is 0 Å². The molecular formula is C10H14O3S. The van der Waals surface area contributed by atoms with Gasteiger partial charge in [0, 0.05) is 11.3 Å². The van der Waals surface area contributed by atoms with E-state index in [0.29, 0.717) is 26.2 Å². The lowest BCUT2D eigenvalue weighted by Crippen LogP contribution is -2.39. The monoisotopic (exact) mass is 214 g/mol. The van der Waals surface area contributed by atoms with Crippen LogP contribution < -0.4 is 0 Å². The zero-order chi connectivity index (χ0) is 9.80. The van der Waals surface area contributed by atoms with E-state index in [1.165, 1.54) is 4.88 Å². The number of aliphatic hydroxyl groups is 1. The molecule has 1 aromatic rings. The van der Waals surface area contributed by atoms with Crippen LogP contribution in [-0.2, 0) is 15.9 Å². The molecule has 0 saturated carbocycles. The van der Waals surface area contributed by atoms with Crippen LogP contribution in [0.4, 0.5) is 0 Å². The van der Waals surface area contributed by atoms with Crippen molar-refractivity contribution in [3.05, 3.63) is 22.4 Å². The van der Waals surface area contributed by atoms with Crippen LogP contribution in [0.1, 0.15) is 4.88 Å². The van der Waals surface area contributed by atoms with E-state index < -0.39 is 6.10 Å². The van der Waals surface area contributed by atoms with Crippen LogP contribution in [0.2, 0.25) is 0 Å². The molecule has 4 heteroatoms. The fourth-order valence-corrected chi connectivity index (χ4v) is 2.25. The van der Waals surface area contributed by atoms with Gasteiger partial charge in [-0.2, -0.15) is 0 Å². The Morgan fingerprint density at radius 3 is 3.14 bits per heavy atom. The second kappa shape index (κ2) is 4.89. The molecule has 0 aliphatic carbocycles. The lowest BCUT2D eigenvalue weighted by molar-refractivity contribution is -0.131. The van der Waals surface area contributed by atoms with Crippen molar-refractivity contribution < 1.29 is 14.6 Å². The standard InChI is InChI=1S/C10H14O3S/c11-9(6-8-2-1-5-14-8)10-7-12-3-4-13-10/h1-2,5,9-11H,3-4,6-7H2. The highest BCUT2D eigenvalue weighted by atomic mass is 32.1. The zero-order valence-corrected chi connectivity index (χ0v) is 8.70. The molecule has 3 nitrogen and oxygen atoms in total. The van der Waals surface area contributed by atoms with E-state index in [0.717, 1.165) is 0 Å². The third-order valence-electron chi connectivity index (χ3n) is 2.26. The average Bonchev–Trinajstić information content (AvgIpc) is 2.72. The summed E-state index contributed by atoms with van der Waals surface area (Å²) in [6, 6.07) is 4.02. The Balaban J connectivity index is 1.85. The van der Waals surface area contributed by atoms with Gasteiger partial charge in [-0.05, 0) is 11.4 Å². The van der Waals surface area contributed by atoms with Crippen molar-refractivity contribution in [2.75, 3.05) is 19.8 Å². The van der Waals surface area contributed by atoms with Crippen LogP contribution in [0.25, 0.3) is 0 Å². The van der Waals surface area contributed by atoms with Gasteiger partial charge in [-0.3, -0.25) is 0 Å². The third-order valence-corrected chi connectivity index (χ3v) is 3.16. The van der Waals surface area contributed by atoms with Gasteiger partial charge in [0.25, 0.3) is 0 Å². The second-order valence-corrected chi connectivity index (χ2v) is 4.37. The molecule has 1 saturated heterocycles. The maximum Gasteiger partial charge on any atom is 0.107 e. The molecule has 1 N–H and O–H groups in total. The number of aliphatic hydroxyl groups excluding tert-OH is 1. The molecule has 2 rings (SSSR count). The van der Waals surface area contributed by atoms with Crippen molar-refractivity contribution in [2.24, 2.45) is 0 Å². The molecule has 14 heavy (non-hydrogen) atoms. The van der Waals surface area contributed by atoms with E-state index in [9.17, 15) is 5.11 Å². The lowest BCUT2D eigenvalue weighted by Gasteiger charge is -2.26. The van der Waals surface area contributed by atoms with Crippen molar-refractivity contribution in [3.8, 4) is 0 Å². The SMILES string of the molecule is OC(Cc1cccs1)C1COCCO1. The summed E-state index contributed by atoms with van der Waals surface area (Å²) in [5.74, 6) is 0. The summed E-state index contributed by atoms with van der Waals surface area (Å²) in [4.78, 5) is 1.19. The number of hydrogen-bond donors (Lipinski definition) is 1. The van der Waals surface area contributed by atoms with Crippen molar-refractivity contribution in [1.82, 2.24) is 0 Å². The number of ether oxygens (including phenoxy) is 2. The molecule has 1 aliphatic rings. The molecule has 0 spiro atoms. The molecule has 0 amide bonds. The first-order valence-electron chi connectivity index (χ1n) is 4.76. The van der Waals surface area contributed by atoms with Gasteiger partial charge in [0.1, 0.15) is 6.10 Å². The molecule has 0 aromatic carbocycles. The Bertz CT molecular complexity index is 254. The number of thiophene rings is 1. The van der Waals surface area contributed by atoms with Crippen molar-refractivity contribution in [1.29, 1.82) is 0 Å². The lowest BCUT2D eigenvalue weighted by atomic mass is 10.1. The predicted octanol–water partition coefficient (Wildman–Crippen LogP) is 1.07. The molecule has 0 radical (unpaired) electrons. The van der Waals surface area contributed by atoms with Gasteiger partial charge in [-0.15, -0.1) is 11.3 Å². The van der Waals surface area contributed by atoms with Crippen LogP contribution >= 0.6 is 11.3 Å². The van der Waals surface area contributed by atoms with E-state index in [1.54, 1.807) is 11.3 Å². The smallest absolute Gasteiger partial charge is 0.107 e. The van der Waals surface area contributed by atoms with E-state index >= 15 is 0 Å². The molecule has 78 valence electrons. The molecule has 2 unspecified atom stereocenters. The summed E-state index contributed by atoms with van der Waals surface area (Å²) < 4.78 is 10.7. The van der Waals surface area contributed by atoms with Crippen molar-refractivity contribution in [3.63, 3.8) is 0 Å². The topological polar surface area (TPSA) is 38.7 Å². The molecule has 2 atom stereocenters. The molecular weight excluding hydrogens is 200 g/mol. The Labute approximate surface area is 87.3 Å². The summed E-state index contributed by atoms with van der Waals surface area (Å²) in [5.41, 5.74) is 0. The maximum atomic E-state index is 9.85. The zero-order valence-electron chi connectivity index (χ0n) is 7.89. The first-order valence-corrected chi connectivity index (χ1v) is 5.64. The first-order chi connectivity index (χ1) is 6.86. The van der Waals surface area contributed by atoms with Gasteiger partial charge in [-0.25, -0.2) is 0 Å². The molecule has 1 aliphatic heterocycles. The van der Waals surface area contributed by atoms with Gasteiger partial charge >= 0.3 is 0 Å². The minimum Gasteiger partial charge on any atom is -0.390 e. The second-order valence-electron chi connectivity index (χ2n) is 3.33. The van der Waals surface area contributed by atoms with Gasteiger partial charge in [0.15, 0.2) is 0 Å². The average molecular weight is 214 g/mol. The number of hydrogen-bond acceptors (Lipinski definition) is 4. The minimum absolute atomic E-state index is 0.161. The molecule has 2 heterocycles. The number of rotatable bonds is 3. The Morgan fingerprint density at radius 2 is 2.50 bits per heavy atom. The Hall–Kier alpha value is -0.420. The summed E-state index contributed by atoms with van der Waals surface area (Å²) in [7, 11) is 0.